The lowest BCUT2D eigenvalue weighted by molar-refractivity contribution is -0.173. The fourth-order valence-electron chi connectivity index (χ4n) is 1.23. The Bertz CT molecular complexity index is 525. The van der Waals surface area contributed by atoms with Crippen molar-refractivity contribution in [3.8, 4) is 0 Å². The van der Waals surface area contributed by atoms with Crippen molar-refractivity contribution in [3.63, 3.8) is 0 Å². The predicted molar refractivity (Wildman–Crippen MR) is 70.2 cm³/mol. The summed E-state index contributed by atoms with van der Waals surface area (Å²) < 4.78 is 39.7. The van der Waals surface area contributed by atoms with Crippen LogP contribution in [-0.4, -0.2) is 42.9 Å². The normalized spacial score (nSPS) is 11.8. The number of carbonyl (C=O) groups excluding carboxylic acids is 1. The Kier molecular flexibility index (Phi) is 6.38. The van der Waals surface area contributed by atoms with Crippen molar-refractivity contribution in [2.75, 3.05) is 19.8 Å². The van der Waals surface area contributed by atoms with E-state index >= 15 is 0 Å². The number of amides is 1. The van der Waals surface area contributed by atoms with Crippen LogP contribution in [0.15, 0.2) is 18.2 Å². The van der Waals surface area contributed by atoms with E-state index in [2.05, 4.69) is 10.1 Å². The van der Waals surface area contributed by atoms with Gasteiger partial charge in [-0.3, -0.25) is 4.79 Å². The highest BCUT2D eigenvalue weighted by Gasteiger charge is 2.27. The average molecular weight is 323 g/mol. The minimum absolute atomic E-state index is 0.0485. The van der Waals surface area contributed by atoms with Crippen LogP contribution < -0.4 is 5.32 Å². The van der Waals surface area contributed by atoms with E-state index in [9.17, 15) is 22.8 Å². The molecule has 0 aromatic carbocycles. The van der Waals surface area contributed by atoms with Crippen LogP contribution in [-0.2, 0) is 9.53 Å². The number of rotatable bonds is 7. The van der Waals surface area contributed by atoms with Gasteiger partial charge in [0.25, 0.3) is 5.91 Å². The molecule has 1 heterocycles. The zero-order chi connectivity index (χ0) is 15.9. The summed E-state index contributed by atoms with van der Waals surface area (Å²) in [5, 5.41) is 10.9. The van der Waals surface area contributed by atoms with Crippen molar-refractivity contribution < 1.29 is 32.6 Å². The summed E-state index contributed by atoms with van der Waals surface area (Å²) >= 11 is 1.07. The molecular formula is C12H12F3NO4S. The lowest BCUT2D eigenvalue weighted by Crippen LogP contribution is -2.28. The van der Waals surface area contributed by atoms with E-state index in [-0.39, 0.29) is 13.2 Å². The van der Waals surface area contributed by atoms with Crippen molar-refractivity contribution in [1.82, 2.24) is 5.32 Å². The number of ether oxygens (including phenoxy) is 1. The average Bonchev–Trinajstić information content (AvgIpc) is 2.83. The summed E-state index contributed by atoms with van der Waals surface area (Å²) in [6.45, 7) is -1.65. The molecule has 0 unspecified atom stereocenters. The van der Waals surface area contributed by atoms with E-state index in [0.29, 0.717) is 9.75 Å². The zero-order valence-electron chi connectivity index (χ0n) is 10.6. The highest BCUT2D eigenvalue weighted by Crippen LogP contribution is 2.18. The molecule has 0 aliphatic rings. The third kappa shape index (κ3) is 7.47. The molecule has 21 heavy (non-hydrogen) atoms. The Morgan fingerprint density at radius 3 is 2.71 bits per heavy atom. The molecule has 0 fully saturated rings. The van der Waals surface area contributed by atoms with Crippen LogP contribution in [0.2, 0.25) is 0 Å². The third-order valence-electron chi connectivity index (χ3n) is 2.04. The van der Waals surface area contributed by atoms with Crippen molar-refractivity contribution in [2.45, 2.75) is 6.18 Å². The Labute approximate surface area is 122 Å². The van der Waals surface area contributed by atoms with Gasteiger partial charge in [0.15, 0.2) is 0 Å². The molecule has 0 aliphatic carbocycles. The highest BCUT2D eigenvalue weighted by atomic mass is 32.1. The van der Waals surface area contributed by atoms with Crippen molar-refractivity contribution in [3.05, 3.63) is 28.0 Å². The first-order valence-electron chi connectivity index (χ1n) is 5.71. The molecule has 1 aromatic heterocycles. The van der Waals surface area contributed by atoms with E-state index in [1.165, 1.54) is 12.1 Å². The van der Waals surface area contributed by atoms with Gasteiger partial charge in [-0.25, -0.2) is 4.79 Å². The molecule has 0 atom stereocenters. The first-order valence-corrected chi connectivity index (χ1v) is 6.53. The molecule has 0 bridgehead atoms. The van der Waals surface area contributed by atoms with Crippen LogP contribution in [0.5, 0.6) is 0 Å². The lowest BCUT2D eigenvalue weighted by Gasteiger charge is -2.07. The Balaban J connectivity index is 2.34. The number of alkyl halides is 3. The van der Waals surface area contributed by atoms with E-state index in [4.69, 9.17) is 5.11 Å². The molecule has 0 saturated heterocycles. The standard InChI is InChI=1S/C12H12F3NO4S/c13-12(14,15)7-20-6-5-16-11(19)9-3-1-8(21-9)2-4-10(17)18/h1-4H,5-7H2,(H,16,19)(H,17,18). The van der Waals surface area contributed by atoms with Crippen LogP contribution in [0, 0.1) is 0 Å². The number of aliphatic carboxylic acids is 1. The molecule has 0 spiro atoms. The second kappa shape index (κ2) is 7.79. The Morgan fingerprint density at radius 1 is 1.38 bits per heavy atom. The van der Waals surface area contributed by atoms with E-state index in [0.717, 1.165) is 17.4 Å². The van der Waals surface area contributed by atoms with Gasteiger partial charge >= 0.3 is 12.1 Å². The number of thiophene rings is 1. The number of hydrogen-bond acceptors (Lipinski definition) is 4. The van der Waals surface area contributed by atoms with Gasteiger partial charge in [-0.05, 0) is 18.2 Å². The van der Waals surface area contributed by atoms with Gasteiger partial charge in [0.05, 0.1) is 11.5 Å². The first-order chi connectivity index (χ1) is 9.78. The minimum atomic E-state index is -4.39. The van der Waals surface area contributed by atoms with Gasteiger partial charge in [0.1, 0.15) is 6.61 Å². The van der Waals surface area contributed by atoms with Crippen LogP contribution in [0.3, 0.4) is 0 Å². The largest absolute Gasteiger partial charge is 0.478 e. The molecular weight excluding hydrogens is 311 g/mol. The molecule has 5 nitrogen and oxygen atoms in total. The summed E-state index contributed by atoms with van der Waals surface area (Å²) in [4.78, 5) is 22.9. The van der Waals surface area contributed by atoms with Crippen molar-refractivity contribution in [2.24, 2.45) is 0 Å². The molecule has 116 valence electrons. The van der Waals surface area contributed by atoms with Gasteiger partial charge in [0, 0.05) is 17.5 Å². The second-order valence-corrected chi connectivity index (χ2v) is 4.91. The maximum atomic E-state index is 11.8. The number of halogens is 3. The van der Waals surface area contributed by atoms with E-state index in [1.54, 1.807) is 6.07 Å². The Hall–Kier alpha value is -1.87. The van der Waals surface area contributed by atoms with Crippen molar-refractivity contribution in [1.29, 1.82) is 0 Å². The SMILES string of the molecule is O=C(O)C=Cc1ccc(C(=O)NCCOCC(F)(F)F)s1. The van der Waals surface area contributed by atoms with Gasteiger partial charge in [-0.15, -0.1) is 11.3 Å². The minimum Gasteiger partial charge on any atom is -0.478 e. The number of carboxylic acids is 1. The molecule has 1 amide bonds. The Morgan fingerprint density at radius 2 is 2.10 bits per heavy atom. The number of hydrogen-bond donors (Lipinski definition) is 2. The first kappa shape index (κ1) is 17.2. The summed E-state index contributed by atoms with van der Waals surface area (Å²) in [6.07, 6.45) is -2.10. The zero-order valence-corrected chi connectivity index (χ0v) is 11.5. The number of nitrogens with one attached hydrogen (secondary N) is 1. The molecule has 1 aromatic rings. The molecule has 1 rings (SSSR count). The maximum Gasteiger partial charge on any atom is 0.411 e. The van der Waals surface area contributed by atoms with E-state index < -0.39 is 24.7 Å². The van der Waals surface area contributed by atoms with Crippen molar-refractivity contribution >= 4 is 29.3 Å². The molecule has 9 heteroatoms. The second-order valence-electron chi connectivity index (χ2n) is 3.80. The molecule has 2 N–H and O–H groups in total. The molecule has 0 saturated carbocycles. The summed E-state index contributed by atoms with van der Waals surface area (Å²) in [6, 6.07) is 3.07. The van der Waals surface area contributed by atoms with Crippen LogP contribution >= 0.6 is 11.3 Å². The summed E-state index contributed by atoms with van der Waals surface area (Å²) in [5.41, 5.74) is 0. The predicted octanol–water partition coefficient (Wildman–Crippen LogP) is 2.15. The van der Waals surface area contributed by atoms with Gasteiger partial charge in [-0.1, -0.05) is 0 Å². The lowest BCUT2D eigenvalue weighted by atomic mass is 10.4. The van der Waals surface area contributed by atoms with Crippen LogP contribution in [0.1, 0.15) is 14.5 Å². The smallest absolute Gasteiger partial charge is 0.411 e. The van der Waals surface area contributed by atoms with Gasteiger partial charge in [0.2, 0.25) is 0 Å². The fraction of sp³-hybridized carbons (Fsp3) is 0.333. The van der Waals surface area contributed by atoms with Gasteiger partial charge < -0.3 is 15.2 Å². The fourth-order valence-corrected chi connectivity index (χ4v) is 2.06. The molecule has 0 aliphatic heterocycles. The maximum absolute atomic E-state index is 11.8. The van der Waals surface area contributed by atoms with Crippen LogP contribution in [0.4, 0.5) is 13.2 Å². The quantitative estimate of drug-likeness (QED) is 0.595. The summed E-state index contributed by atoms with van der Waals surface area (Å²) in [5.74, 6) is -1.55. The topological polar surface area (TPSA) is 75.6 Å². The van der Waals surface area contributed by atoms with Gasteiger partial charge in [-0.2, -0.15) is 13.2 Å². The summed E-state index contributed by atoms with van der Waals surface area (Å²) in [7, 11) is 0. The van der Waals surface area contributed by atoms with E-state index in [1.807, 2.05) is 0 Å². The third-order valence-corrected chi connectivity index (χ3v) is 3.09. The highest BCUT2D eigenvalue weighted by molar-refractivity contribution is 7.14. The number of carboxylic acid groups (broad SMARTS) is 1. The monoisotopic (exact) mass is 323 g/mol. The molecule has 0 radical (unpaired) electrons. The van der Waals surface area contributed by atoms with Crippen LogP contribution in [0.25, 0.3) is 6.08 Å². The number of carbonyl (C=O) groups is 2.